The van der Waals surface area contributed by atoms with Crippen molar-refractivity contribution in [3.8, 4) is 5.75 Å². The molecule has 4 heteroatoms. The number of aliphatic hydroxyl groups excluding tert-OH is 1. The summed E-state index contributed by atoms with van der Waals surface area (Å²) in [6.45, 7) is 0.944. The fraction of sp³-hybridized carbons (Fsp3) is 0.333. The molecule has 2 aromatic rings. The number of phenols is 1. The normalized spacial score (nSPS) is 26.6. The molecule has 0 aliphatic carbocycles. The molecule has 2 aromatic carbocycles. The largest absolute Gasteiger partial charge is 0.508 e. The van der Waals surface area contributed by atoms with Crippen LogP contribution in [0.25, 0.3) is 0 Å². The van der Waals surface area contributed by atoms with Crippen molar-refractivity contribution in [2.24, 2.45) is 0 Å². The number of aliphatic hydroxyl groups is 1. The van der Waals surface area contributed by atoms with Gasteiger partial charge in [0.15, 0.2) is 0 Å². The van der Waals surface area contributed by atoms with Crippen molar-refractivity contribution >= 4 is 5.69 Å². The van der Waals surface area contributed by atoms with Gasteiger partial charge in [-0.3, -0.25) is 0 Å². The minimum absolute atomic E-state index is 0.0215. The summed E-state index contributed by atoms with van der Waals surface area (Å²) >= 11 is 0. The predicted octanol–water partition coefficient (Wildman–Crippen LogP) is 2.60. The Labute approximate surface area is 129 Å². The lowest BCUT2D eigenvalue weighted by molar-refractivity contribution is -0.0745. The zero-order valence-corrected chi connectivity index (χ0v) is 12.2. The van der Waals surface area contributed by atoms with Gasteiger partial charge in [0.25, 0.3) is 0 Å². The van der Waals surface area contributed by atoms with Crippen LogP contribution in [0.2, 0.25) is 0 Å². The van der Waals surface area contributed by atoms with Crippen molar-refractivity contribution in [1.82, 2.24) is 0 Å². The SMILES string of the molecule is Oc1ccccc1CN1c2ccccc2[C@@H]2C[C@H]1[C@H](O)CO2. The molecule has 0 unspecified atom stereocenters. The zero-order chi connectivity index (χ0) is 15.1. The van der Waals surface area contributed by atoms with Gasteiger partial charge in [-0.25, -0.2) is 0 Å². The van der Waals surface area contributed by atoms with Gasteiger partial charge in [0.05, 0.1) is 24.9 Å². The van der Waals surface area contributed by atoms with Gasteiger partial charge in [-0.1, -0.05) is 36.4 Å². The smallest absolute Gasteiger partial charge is 0.120 e. The monoisotopic (exact) mass is 297 g/mol. The molecular formula is C18H19NO3. The molecule has 114 valence electrons. The Balaban J connectivity index is 1.76. The number of benzene rings is 2. The van der Waals surface area contributed by atoms with Crippen LogP contribution in [-0.2, 0) is 11.3 Å². The molecule has 0 saturated carbocycles. The number of fused-ring (bicyclic) bond motifs is 4. The number of rotatable bonds is 2. The molecule has 3 atom stereocenters. The summed E-state index contributed by atoms with van der Waals surface area (Å²) in [5.74, 6) is 0.295. The second-order valence-corrected chi connectivity index (χ2v) is 6.01. The first kappa shape index (κ1) is 13.6. The minimum Gasteiger partial charge on any atom is -0.508 e. The van der Waals surface area contributed by atoms with Gasteiger partial charge in [-0.2, -0.15) is 0 Å². The number of nitrogens with zero attached hydrogens (tertiary/aromatic N) is 1. The lowest BCUT2D eigenvalue weighted by atomic mass is 9.87. The quantitative estimate of drug-likeness (QED) is 0.894. The van der Waals surface area contributed by atoms with E-state index in [-0.39, 0.29) is 12.1 Å². The van der Waals surface area contributed by atoms with E-state index in [1.165, 1.54) is 5.56 Å². The highest BCUT2D eigenvalue weighted by atomic mass is 16.5. The summed E-state index contributed by atoms with van der Waals surface area (Å²) in [5, 5.41) is 20.4. The molecule has 1 fully saturated rings. The molecule has 2 N–H and O–H groups in total. The Hall–Kier alpha value is -2.04. The van der Waals surface area contributed by atoms with E-state index in [9.17, 15) is 10.2 Å². The number of aromatic hydroxyl groups is 1. The van der Waals surface area contributed by atoms with Crippen LogP contribution in [0.3, 0.4) is 0 Å². The summed E-state index contributed by atoms with van der Waals surface area (Å²) < 4.78 is 5.78. The molecule has 4 nitrogen and oxygen atoms in total. The third kappa shape index (κ3) is 2.16. The van der Waals surface area contributed by atoms with Crippen molar-refractivity contribution < 1.29 is 14.9 Å². The van der Waals surface area contributed by atoms with Crippen molar-refractivity contribution in [3.05, 3.63) is 59.7 Å². The third-order valence-electron chi connectivity index (χ3n) is 4.69. The van der Waals surface area contributed by atoms with Gasteiger partial charge in [-0.05, 0) is 12.1 Å². The van der Waals surface area contributed by atoms with Crippen LogP contribution in [0.1, 0.15) is 23.7 Å². The van der Waals surface area contributed by atoms with Gasteiger partial charge >= 0.3 is 0 Å². The Morgan fingerprint density at radius 2 is 1.86 bits per heavy atom. The molecule has 0 radical (unpaired) electrons. The molecule has 0 spiro atoms. The number of anilines is 1. The highest BCUT2D eigenvalue weighted by molar-refractivity contribution is 5.59. The number of hydrogen-bond acceptors (Lipinski definition) is 4. The molecule has 22 heavy (non-hydrogen) atoms. The standard InChI is InChI=1S/C18H19NO3/c20-16-8-4-1-5-12(16)10-19-14-7-3-2-6-13(14)18-9-15(19)17(21)11-22-18/h1-8,15,17-18,20-21H,9-11H2/t15-,17+,18-/m0/s1. The van der Waals surface area contributed by atoms with Crippen LogP contribution in [-0.4, -0.2) is 29.0 Å². The van der Waals surface area contributed by atoms with E-state index in [4.69, 9.17) is 4.74 Å². The Kier molecular flexibility index (Phi) is 3.28. The molecule has 2 aliphatic rings. The Bertz CT molecular complexity index is 688. The molecule has 0 amide bonds. The fourth-order valence-electron chi connectivity index (χ4n) is 3.55. The van der Waals surface area contributed by atoms with Gasteiger partial charge in [-0.15, -0.1) is 0 Å². The summed E-state index contributed by atoms with van der Waals surface area (Å²) in [6, 6.07) is 15.6. The Morgan fingerprint density at radius 3 is 2.73 bits per heavy atom. The number of ether oxygens (including phenoxy) is 1. The van der Waals surface area contributed by atoms with Crippen molar-refractivity contribution in [3.63, 3.8) is 0 Å². The van der Waals surface area contributed by atoms with Gasteiger partial charge < -0.3 is 19.8 Å². The molecule has 1 saturated heterocycles. The maximum absolute atomic E-state index is 10.3. The number of hydrogen-bond donors (Lipinski definition) is 2. The topological polar surface area (TPSA) is 52.9 Å². The van der Waals surface area contributed by atoms with Crippen LogP contribution in [0.4, 0.5) is 5.69 Å². The summed E-state index contributed by atoms with van der Waals surface area (Å²) in [6.07, 6.45) is 0.340. The molecular weight excluding hydrogens is 278 g/mol. The summed E-state index contributed by atoms with van der Waals surface area (Å²) in [4.78, 5) is 2.20. The maximum Gasteiger partial charge on any atom is 0.120 e. The lowest BCUT2D eigenvalue weighted by Crippen LogP contribution is -2.52. The first-order chi connectivity index (χ1) is 10.7. The number of phenolic OH excluding ortho intramolecular Hbond substituents is 1. The zero-order valence-electron chi connectivity index (χ0n) is 12.2. The second-order valence-electron chi connectivity index (χ2n) is 6.01. The van der Waals surface area contributed by atoms with E-state index < -0.39 is 6.10 Å². The lowest BCUT2D eigenvalue weighted by Gasteiger charge is -2.47. The van der Waals surface area contributed by atoms with Crippen LogP contribution >= 0.6 is 0 Å². The molecule has 2 aliphatic heterocycles. The van der Waals surface area contributed by atoms with Gasteiger partial charge in [0, 0.05) is 29.8 Å². The maximum atomic E-state index is 10.3. The van der Waals surface area contributed by atoms with E-state index in [1.54, 1.807) is 6.07 Å². The number of para-hydroxylation sites is 2. The van der Waals surface area contributed by atoms with Crippen LogP contribution in [0.15, 0.2) is 48.5 Å². The van der Waals surface area contributed by atoms with Crippen molar-refractivity contribution in [1.29, 1.82) is 0 Å². The summed E-state index contributed by atoms with van der Waals surface area (Å²) in [5.41, 5.74) is 3.13. The highest BCUT2D eigenvalue weighted by Crippen LogP contribution is 2.43. The second kappa shape index (κ2) is 5.30. The van der Waals surface area contributed by atoms with E-state index in [0.717, 1.165) is 17.7 Å². The average Bonchev–Trinajstić information content (AvgIpc) is 2.55. The average molecular weight is 297 g/mol. The molecule has 4 rings (SSSR count). The van der Waals surface area contributed by atoms with Crippen LogP contribution < -0.4 is 4.90 Å². The fourth-order valence-corrected chi connectivity index (χ4v) is 3.55. The van der Waals surface area contributed by atoms with Crippen LogP contribution in [0, 0.1) is 0 Å². The summed E-state index contributed by atoms with van der Waals surface area (Å²) in [7, 11) is 0. The van der Waals surface area contributed by atoms with Gasteiger partial charge in [0.1, 0.15) is 5.75 Å². The molecule has 0 aromatic heterocycles. The van der Waals surface area contributed by atoms with E-state index >= 15 is 0 Å². The van der Waals surface area contributed by atoms with E-state index in [1.807, 2.05) is 30.3 Å². The Morgan fingerprint density at radius 1 is 1.09 bits per heavy atom. The molecule has 2 bridgehead atoms. The predicted molar refractivity (Wildman–Crippen MR) is 83.8 cm³/mol. The van der Waals surface area contributed by atoms with E-state index in [2.05, 4.69) is 17.0 Å². The molecule has 2 heterocycles. The highest BCUT2D eigenvalue weighted by Gasteiger charge is 2.40. The van der Waals surface area contributed by atoms with Crippen LogP contribution in [0.5, 0.6) is 5.75 Å². The van der Waals surface area contributed by atoms with Crippen molar-refractivity contribution in [2.75, 3.05) is 11.5 Å². The third-order valence-corrected chi connectivity index (χ3v) is 4.69. The van der Waals surface area contributed by atoms with Crippen molar-refractivity contribution in [2.45, 2.75) is 31.2 Å². The first-order valence-corrected chi connectivity index (χ1v) is 7.66. The van der Waals surface area contributed by atoms with E-state index in [0.29, 0.717) is 18.9 Å². The minimum atomic E-state index is -0.504. The van der Waals surface area contributed by atoms with Gasteiger partial charge in [0.2, 0.25) is 0 Å². The first-order valence-electron chi connectivity index (χ1n) is 7.66.